The van der Waals surface area contributed by atoms with Crippen molar-refractivity contribution in [2.75, 3.05) is 26.9 Å². The van der Waals surface area contributed by atoms with Crippen LogP contribution in [0.1, 0.15) is 40.5 Å². The van der Waals surface area contributed by atoms with Gasteiger partial charge >= 0.3 is 0 Å². The Hall–Kier alpha value is -0.280. The van der Waals surface area contributed by atoms with Crippen molar-refractivity contribution < 1.29 is 33.9 Å². The minimum atomic E-state index is -1.16. The first-order chi connectivity index (χ1) is 10.2. The summed E-state index contributed by atoms with van der Waals surface area (Å²) in [6.45, 7) is 8.10. The summed E-state index contributed by atoms with van der Waals surface area (Å²) >= 11 is 0. The van der Waals surface area contributed by atoms with Gasteiger partial charge in [-0.2, -0.15) is 0 Å². The van der Waals surface area contributed by atoms with E-state index in [0.29, 0.717) is 13.2 Å². The summed E-state index contributed by atoms with van der Waals surface area (Å²) in [7, 11) is 1.55. The molecule has 0 aromatic rings. The smallest absolute Gasteiger partial charge is 0.163 e. The molecule has 2 heterocycles. The van der Waals surface area contributed by atoms with Crippen LogP contribution in [0, 0.1) is 0 Å². The van der Waals surface area contributed by atoms with E-state index in [2.05, 4.69) is 4.74 Å². The molecule has 0 spiro atoms. The Morgan fingerprint density at radius 2 is 1.91 bits per heavy atom. The number of methoxy groups -OCH3 is 1. The molecular formula is C15H30O7. The van der Waals surface area contributed by atoms with Gasteiger partial charge < -0.3 is 33.9 Å². The van der Waals surface area contributed by atoms with Crippen LogP contribution in [0.15, 0.2) is 0 Å². The van der Waals surface area contributed by atoms with Gasteiger partial charge in [0.05, 0.1) is 25.9 Å². The van der Waals surface area contributed by atoms with Crippen molar-refractivity contribution in [1.82, 2.24) is 0 Å². The molecular weight excluding hydrogens is 292 g/mol. The van der Waals surface area contributed by atoms with Gasteiger partial charge in [0.1, 0.15) is 6.10 Å². The molecule has 3 unspecified atom stereocenters. The quantitative estimate of drug-likeness (QED) is 0.731. The van der Waals surface area contributed by atoms with Gasteiger partial charge in [-0.15, -0.1) is 0 Å². The van der Waals surface area contributed by atoms with E-state index in [9.17, 15) is 5.11 Å². The van der Waals surface area contributed by atoms with Crippen LogP contribution in [0.25, 0.3) is 0 Å². The lowest BCUT2D eigenvalue weighted by atomic mass is 10.1. The van der Waals surface area contributed by atoms with Crippen molar-refractivity contribution in [1.29, 1.82) is 0 Å². The zero-order valence-electron chi connectivity index (χ0n) is 14.2. The molecule has 3 atom stereocenters. The van der Waals surface area contributed by atoms with E-state index >= 15 is 0 Å². The van der Waals surface area contributed by atoms with Gasteiger partial charge in [0.15, 0.2) is 17.9 Å². The topological polar surface area (TPSA) is 86.6 Å². The number of hydrogen-bond donors (Lipinski definition) is 2. The summed E-state index contributed by atoms with van der Waals surface area (Å²) < 4.78 is 26.8. The van der Waals surface area contributed by atoms with E-state index in [1.54, 1.807) is 21.0 Å². The van der Waals surface area contributed by atoms with Crippen molar-refractivity contribution in [3.05, 3.63) is 0 Å². The molecule has 0 aliphatic carbocycles. The summed E-state index contributed by atoms with van der Waals surface area (Å²) in [5.74, 6) is -1.69. The Morgan fingerprint density at radius 1 is 1.23 bits per heavy atom. The molecule has 132 valence electrons. The number of rotatable bonds is 5. The average molecular weight is 322 g/mol. The van der Waals surface area contributed by atoms with Gasteiger partial charge in [-0.3, -0.25) is 0 Å². The van der Waals surface area contributed by atoms with Crippen LogP contribution in [-0.2, 0) is 23.7 Å². The lowest BCUT2D eigenvalue weighted by molar-refractivity contribution is -0.274. The number of aliphatic hydroxyl groups excluding tert-OH is 1. The fourth-order valence-corrected chi connectivity index (χ4v) is 2.30. The van der Waals surface area contributed by atoms with Crippen LogP contribution < -0.4 is 0 Å². The molecule has 2 aliphatic rings. The Kier molecular flexibility index (Phi) is 7.67. The Morgan fingerprint density at radius 3 is 2.32 bits per heavy atom. The SMILES string of the molecule is CC(C)(O)OC1CCC(C2COC(C)(C)O2)O1.COCCO. The zero-order valence-corrected chi connectivity index (χ0v) is 14.2. The molecule has 7 nitrogen and oxygen atoms in total. The molecule has 2 N–H and O–H groups in total. The third-order valence-electron chi connectivity index (χ3n) is 3.17. The van der Waals surface area contributed by atoms with Crippen molar-refractivity contribution in [2.24, 2.45) is 0 Å². The number of hydrogen-bond acceptors (Lipinski definition) is 7. The lowest BCUT2D eigenvalue weighted by Gasteiger charge is -2.25. The van der Waals surface area contributed by atoms with E-state index < -0.39 is 11.6 Å². The average Bonchev–Trinajstić information content (AvgIpc) is 2.95. The largest absolute Gasteiger partial charge is 0.394 e. The Bertz CT molecular complexity index is 312. The highest BCUT2D eigenvalue weighted by molar-refractivity contribution is 4.82. The molecule has 0 amide bonds. The molecule has 0 aromatic carbocycles. The van der Waals surface area contributed by atoms with Gasteiger partial charge in [0.2, 0.25) is 0 Å². The van der Waals surface area contributed by atoms with Crippen LogP contribution in [-0.4, -0.2) is 67.2 Å². The fraction of sp³-hybridized carbons (Fsp3) is 1.00. The van der Waals surface area contributed by atoms with Crippen molar-refractivity contribution in [3.8, 4) is 0 Å². The second-order valence-electron chi connectivity index (χ2n) is 6.33. The van der Waals surface area contributed by atoms with Gasteiger partial charge in [-0.1, -0.05) is 0 Å². The predicted molar refractivity (Wildman–Crippen MR) is 79.1 cm³/mol. The van der Waals surface area contributed by atoms with Gasteiger partial charge in [-0.05, 0) is 34.1 Å². The zero-order chi connectivity index (χ0) is 16.8. The van der Waals surface area contributed by atoms with Crippen LogP contribution >= 0.6 is 0 Å². The summed E-state index contributed by atoms with van der Waals surface area (Å²) in [4.78, 5) is 0. The third kappa shape index (κ3) is 7.32. The number of aliphatic hydroxyl groups is 2. The summed E-state index contributed by atoms with van der Waals surface area (Å²) in [5.41, 5.74) is 0. The van der Waals surface area contributed by atoms with Gasteiger partial charge in [0.25, 0.3) is 0 Å². The molecule has 0 aromatic heterocycles. The van der Waals surface area contributed by atoms with E-state index in [-0.39, 0.29) is 25.1 Å². The standard InChI is InChI=1S/C12H22O5.C3H8O2/c1-11(2,13)17-10-6-5-8(15-10)9-7-14-12(3,4)16-9;1-5-3-2-4/h8-10,13H,5-7H2,1-4H3;4H,2-3H2,1H3. The first-order valence-electron chi connectivity index (χ1n) is 7.64. The van der Waals surface area contributed by atoms with Crippen LogP contribution in [0.3, 0.4) is 0 Å². The maximum absolute atomic E-state index is 9.55. The molecule has 2 rings (SSSR count). The molecule has 0 bridgehead atoms. The lowest BCUT2D eigenvalue weighted by Crippen LogP contribution is -2.34. The maximum Gasteiger partial charge on any atom is 0.163 e. The summed E-state index contributed by atoms with van der Waals surface area (Å²) in [6.07, 6.45) is 1.23. The van der Waals surface area contributed by atoms with Gasteiger partial charge in [0, 0.05) is 13.5 Å². The highest BCUT2D eigenvalue weighted by Crippen LogP contribution is 2.32. The molecule has 0 radical (unpaired) electrons. The first kappa shape index (κ1) is 19.8. The monoisotopic (exact) mass is 322 g/mol. The fourth-order valence-electron chi connectivity index (χ4n) is 2.30. The molecule has 2 aliphatic heterocycles. The summed E-state index contributed by atoms with van der Waals surface area (Å²) in [6, 6.07) is 0. The minimum Gasteiger partial charge on any atom is -0.394 e. The Labute approximate surface area is 132 Å². The van der Waals surface area contributed by atoms with E-state index in [1.165, 1.54) is 0 Å². The summed E-state index contributed by atoms with van der Waals surface area (Å²) in [5, 5.41) is 17.5. The Balaban J connectivity index is 0.000000422. The van der Waals surface area contributed by atoms with Gasteiger partial charge in [-0.25, -0.2) is 0 Å². The van der Waals surface area contributed by atoms with Crippen molar-refractivity contribution >= 4 is 0 Å². The minimum absolute atomic E-state index is 0.0101. The van der Waals surface area contributed by atoms with E-state index in [0.717, 1.165) is 12.8 Å². The van der Waals surface area contributed by atoms with Crippen LogP contribution in [0.2, 0.25) is 0 Å². The second-order valence-corrected chi connectivity index (χ2v) is 6.33. The van der Waals surface area contributed by atoms with Crippen LogP contribution in [0.4, 0.5) is 0 Å². The van der Waals surface area contributed by atoms with Crippen molar-refractivity contribution in [2.45, 2.75) is 70.6 Å². The molecule has 2 fully saturated rings. The van der Waals surface area contributed by atoms with E-state index in [1.807, 2.05) is 13.8 Å². The first-order valence-corrected chi connectivity index (χ1v) is 7.64. The highest BCUT2D eigenvalue weighted by atomic mass is 16.8. The molecule has 0 saturated carbocycles. The molecule has 7 heteroatoms. The molecule has 2 saturated heterocycles. The third-order valence-corrected chi connectivity index (χ3v) is 3.17. The second kappa shape index (κ2) is 8.54. The van der Waals surface area contributed by atoms with Crippen LogP contribution in [0.5, 0.6) is 0 Å². The van der Waals surface area contributed by atoms with Crippen molar-refractivity contribution in [3.63, 3.8) is 0 Å². The highest BCUT2D eigenvalue weighted by Gasteiger charge is 2.42. The number of ether oxygens (including phenoxy) is 5. The molecule has 22 heavy (non-hydrogen) atoms. The normalized spacial score (nSPS) is 31.0. The maximum atomic E-state index is 9.55. The predicted octanol–water partition coefficient (Wildman–Crippen LogP) is 1.01. The van der Waals surface area contributed by atoms with E-state index in [4.69, 9.17) is 24.1 Å².